The predicted octanol–water partition coefficient (Wildman–Crippen LogP) is 1.25. The summed E-state index contributed by atoms with van der Waals surface area (Å²) in [5.74, 6) is 0. The number of ether oxygens (including phenoxy) is 1. The molecule has 0 fully saturated rings. The van der Waals surface area contributed by atoms with Crippen LogP contribution in [0.5, 0.6) is 0 Å². The summed E-state index contributed by atoms with van der Waals surface area (Å²) in [5.41, 5.74) is 0. The van der Waals surface area contributed by atoms with Crippen LogP contribution in [0.4, 0.5) is 0 Å². The highest BCUT2D eigenvalue weighted by molar-refractivity contribution is 5.48. The second-order valence-electron chi connectivity index (χ2n) is 1.36. The fourth-order valence-electron chi connectivity index (χ4n) is 0.118. The summed E-state index contributed by atoms with van der Waals surface area (Å²) in [4.78, 5) is 9.40. The Kier molecular flexibility index (Phi) is 21.1. The number of hydrogen-bond acceptors (Lipinski definition) is 2. The maximum atomic E-state index is 9.40. The molecule has 0 N–H and O–H groups in total. The molecule has 0 aromatic carbocycles. The lowest BCUT2D eigenvalue weighted by atomic mass is 10.4. The predicted molar refractivity (Wildman–Crippen MR) is 33.9 cm³/mol. The molecule has 0 radical (unpaired) electrons. The number of rotatable bonds is 2. The maximum Gasteiger partial charge on any atom is 0.119 e. The molecule has 0 heterocycles. The molecular weight excluding hydrogens is 104 g/mol. The molecule has 2 heteroatoms. The summed E-state index contributed by atoms with van der Waals surface area (Å²) in [5, 5.41) is 0. The molecule has 0 aliphatic rings. The van der Waals surface area contributed by atoms with Crippen LogP contribution in [0.2, 0.25) is 0 Å². The molecule has 0 atom stereocenters. The van der Waals surface area contributed by atoms with Gasteiger partial charge in [0.05, 0.1) is 0 Å². The first-order valence-electron chi connectivity index (χ1n) is 2.67. The van der Waals surface area contributed by atoms with Gasteiger partial charge in [0, 0.05) is 20.6 Å². The molecule has 8 heavy (non-hydrogen) atoms. The monoisotopic (exact) mass is 118 g/mol. The molecule has 0 aromatic rings. The van der Waals surface area contributed by atoms with E-state index in [1.165, 1.54) is 0 Å². The minimum absolute atomic E-state index is 0.708. The summed E-state index contributed by atoms with van der Waals surface area (Å²) in [6.07, 6.45) is 2.61. The van der Waals surface area contributed by atoms with Crippen LogP contribution in [0.3, 0.4) is 0 Å². The molecular formula is C6H14O2. The van der Waals surface area contributed by atoms with E-state index < -0.39 is 0 Å². The van der Waals surface area contributed by atoms with Crippen LogP contribution in [0.15, 0.2) is 0 Å². The number of carbonyl (C=O) groups excluding carboxylic acids is 1. The molecule has 0 spiro atoms. The average molecular weight is 118 g/mol. The van der Waals surface area contributed by atoms with Crippen molar-refractivity contribution in [3.05, 3.63) is 0 Å². The van der Waals surface area contributed by atoms with E-state index in [2.05, 4.69) is 4.74 Å². The molecule has 0 aliphatic carbocycles. The molecule has 0 rings (SSSR count). The van der Waals surface area contributed by atoms with Crippen molar-refractivity contribution >= 4 is 6.29 Å². The second kappa shape index (κ2) is 15.9. The molecule has 50 valence electrons. The maximum absolute atomic E-state index is 9.40. The molecule has 0 unspecified atom stereocenters. The summed E-state index contributed by atoms with van der Waals surface area (Å²) in [7, 11) is 3.25. The highest BCUT2D eigenvalue weighted by Gasteiger charge is 1.66. The SMILES string of the molecule is CCCC=O.COC. The van der Waals surface area contributed by atoms with Crippen LogP contribution in [-0.2, 0) is 9.53 Å². The van der Waals surface area contributed by atoms with Gasteiger partial charge in [-0.15, -0.1) is 0 Å². The van der Waals surface area contributed by atoms with Crippen molar-refractivity contribution in [1.82, 2.24) is 0 Å². The van der Waals surface area contributed by atoms with Gasteiger partial charge in [-0.1, -0.05) is 6.92 Å². The van der Waals surface area contributed by atoms with E-state index in [4.69, 9.17) is 0 Å². The number of hydrogen-bond donors (Lipinski definition) is 0. The number of aldehydes is 1. The Hall–Kier alpha value is -0.370. The summed E-state index contributed by atoms with van der Waals surface area (Å²) in [6, 6.07) is 0. The van der Waals surface area contributed by atoms with E-state index in [-0.39, 0.29) is 0 Å². The smallest absolute Gasteiger partial charge is 0.119 e. The van der Waals surface area contributed by atoms with Crippen molar-refractivity contribution in [2.75, 3.05) is 14.2 Å². The second-order valence-corrected chi connectivity index (χ2v) is 1.36. The van der Waals surface area contributed by atoms with Gasteiger partial charge in [0.1, 0.15) is 6.29 Å². The van der Waals surface area contributed by atoms with Crippen molar-refractivity contribution in [2.24, 2.45) is 0 Å². The Morgan fingerprint density at radius 2 is 1.88 bits per heavy atom. The Labute approximate surface area is 50.8 Å². The van der Waals surface area contributed by atoms with E-state index in [1.807, 2.05) is 6.92 Å². The van der Waals surface area contributed by atoms with Gasteiger partial charge in [0.2, 0.25) is 0 Å². The van der Waals surface area contributed by atoms with Crippen LogP contribution < -0.4 is 0 Å². The first kappa shape index (κ1) is 10.6. The molecule has 0 saturated carbocycles. The van der Waals surface area contributed by atoms with Crippen molar-refractivity contribution in [1.29, 1.82) is 0 Å². The van der Waals surface area contributed by atoms with Gasteiger partial charge in [-0.2, -0.15) is 0 Å². The zero-order chi connectivity index (χ0) is 6.83. The lowest BCUT2D eigenvalue weighted by Crippen LogP contribution is -1.64. The first-order chi connectivity index (χ1) is 3.83. The van der Waals surface area contributed by atoms with E-state index in [9.17, 15) is 4.79 Å². The third-order valence-corrected chi connectivity index (χ3v) is 0.407. The number of carbonyl (C=O) groups is 1. The van der Waals surface area contributed by atoms with Crippen LogP contribution in [-0.4, -0.2) is 20.5 Å². The minimum atomic E-state index is 0.708. The van der Waals surface area contributed by atoms with Gasteiger partial charge in [-0.3, -0.25) is 0 Å². The largest absolute Gasteiger partial charge is 0.388 e. The van der Waals surface area contributed by atoms with Crippen LogP contribution in [0.1, 0.15) is 19.8 Å². The van der Waals surface area contributed by atoms with Gasteiger partial charge in [0.15, 0.2) is 0 Å². The fourth-order valence-corrected chi connectivity index (χ4v) is 0.118. The number of methoxy groups -OCH3 is 1. The standard InChI is InChI=1S/C4H8O.C2H6O/c1-2-3-4-5;1-3-2/h4H,2-3H2,1H3;1-2H3. The third-order valence-electron chi connectivity index (χ3n) is 0.407. The van der Waals surface area contributed by atoms with Gasteiger partial charge < -0.3 is 9.53 Å². The minimum Gasteiger partial charge on any atom is -0.388 e. The van der Waals surface area contributed by atoms with Crippen molar-refractivity contribution in [3.63, 3.8) is 0 Å². The third kappa shape index (κ3) is 45.4. The molecule has 0 amide bonds. The van der Waals surface area contributed by atoms with E-state index in [0.29, 0.717) is 6.42 Å². The molecule has 0 bridgehead atoms. The van der Waals surface area contributed by atoms with Crippen LogP contribution >= 0.6 is 0 Å². The average Bonchev–Trinajstić information content (AvgIpc) is 1.71. The molecule has 0 saturated heterocycles. The van der Waals surface area contributed by atoms with Crippen molar-refractivity contribution in [2.45, 2.75) is 19.8 Å². The lowest BCUT2D eigenvalue weighted by molar-refractivity contribution is -0.107. The Balaban J connectivity index is 0. The van der Waals surface area contributed by atoms with Gasteiger partial charge in [0.25, 0.3) is 0 Å². The fraction of sp³-hybridized carbons (Fsp3) is 0.833. The Morgan fingerprint density at radius 3 is 1.88 bits per heavy atom. The normalized spacial score (nSPS) is 6.88. The lowest BCUT2D eigenvalue weighted by Gasteiger charge is -1.68. The highest BCUT2D eigenvalue weighted by Crippen LogP contribution is 1.74. The Bertz CT molecular complexity index is 35.5. The summed E-state index contributed by atoms with van der Waals surface area (Å²) < 4.78 is 4.25. The molecule has 2 nitrogen and oxygen atoms in total. The van der Waals surface area contributed by atoms with Gasteiger partial charge in [-0.25, -0.2) is 0 Å². The van der Waals surface area contributed by atoms with Gasteiger partial charge in [-0.05, 0) is 6.42 Å². The molecule has 0 aromatic heterocycles. The van der Waals surface area contributed by atoms with Gasteiger partial charge >= 0.3 is 0 Å². The summed E-state index contributed by atoms with van der Waals surface area (Å²) >= 11 is 0. The van der Waals surface area contributed by atoms with Crippen LogP contribution in [0.25, 0.3) is 0 Å². The first-order valence-corrected chi connectivity index (χ1v) is 2.67. The quantitative estimate of drug-likeness (QED) is 0.510. The van der Waals surface area contributed by atoms with Crippen LogP contribution in [0, 0.1) is 0 Å². The topological polar surface area (TPSA) is 26.3 Å². The zero-order valence-electron chi connectivity index (χ0n) is 5.81. The molecule has 0 aliphatic heterocycles. The zero-order valence-corrected chi connectivity index (χ0v) is 5.81. The van der Waals surface area contributed by atoms with E-state index in [0.717, 1.165) is 12.7 Å². The van der Waals surface area contributed by atoms with E-state index in [1.54, 1.807) is 14.2 Å². The van der Waals surface area contributed by atoms with Crippen molar-refractivity contribution < 1.29 is 9.53 Å². The Morgan fingerprint density at radius 1 is 1.50 bits per heavy atom. The summed E-state index contributed by atoms with van der Waals surface area (Å²) in [6.45, 7) is 1.98. The van der Waals surface area contributed by atoms with E-state index >= 15 is 0 Å². The number of unbranched alkanes of at least 4 members (excludes halogenated alkanes) is 1. The highest BCUT2D eigenvalue weighted by atomic mass is 16.4. The van der Waals surface area contributed by atoms with Crippen molar-refractivity contribution in [3.8, 4) is 0 Å².